The Morgan fingerprint density at radius 3 is 0.550 bits per heavy atom. The number of hydrogen-bond donors (Lipinski definition) is 6. The lowest BCUT2D eigenvalue weighted by molar-refractivity contribution is 0.527. The van der Waals surface area contributed by atoms with Crippen molar-refractivity contribution in [2.75, 3.05) is 71.2 Å². The van der Waals surface area contributed by atoms with Crippen LogP contribution in [0.1, 0.15) is 52.4 Å². The van der Waals surface area contributed by atoms with E-state index in [1.165, 1.54) is 0 Å². The van der Waals surface area contributed by atoms with Crippen molar-refractivity contribution < 1.29 is 13.2 Å². The van der Waals surface area contributed by atoms with E-state index in [1.807, 2.05) is 27.7 Å². The van der Waals surface area contributed by atoms with Crippen LogP contribution in [0, 0.1) is 80.5 Å². The molecule has 6 N–H and O–H groups in total. The molecule has 0 aliphatic carbocycles. The van der Waals surface area contributed by atoms with Gasteiger partial charge in [0.05, 0.1) is 0 Å². The first-order valence-corrected chi connectivity index (χ1v) is 18.2. The van der Waals surface area contributed by atoms with Gasteiger partial charge in [0.15, 0.2) is 0 Å². The number of aromatic nitrogens is 18. The van der Waals surface area contributed by atoms with E-state index in [2.05, 4.69) is 122 Å². The number of nitrogens with one attached hydrogen (secondary N) is 6. The molecule has 0 aliphatic heterocycles. The first-order chi connectivity index (χ1) is 28.6. The summed E-state index contributed by atoms with van der Waals surface area (Å²) >= 11 is 0. The Balaban J connectivity index is 0.000000198. The monoisotopic (exact) mass is 834 g/mol. The fourth-order valence-electron chi connectivity index (χ4n) is 4.71. The van der Waals surface area contributed by atoms with E-state index in [-0.39, 0.29) is 29.5 Å². The minimum absolute atomic E-state index is 0.134. The molecule has 6 heterocycles. The van der Waals surface area contributed by atoms with Gasteiger partial charge in [-0.15, -0.1) is 0 Å². The summed E-state index contributed by atoms with van der Waals surface area (Å²) in [7, 11) is 0. The van der Waals surface area contributed by atoms with E-state index in [0.29, 0.717) is 97.9 Å². The zero-order valence-corrected chi connectivity index (χ0v) is 34.4. The minimum atomic E-state index is -0.844. The molecule has 0 amide bonds. The number of rotatable bonds is 15. The van der Waals surface area contributed by atoms with Crippen LogP contribution in [0.4, 0.5) is 48.9 Å². The zero-order chi connectivity index (χ0) is 43.6. The second kappa shape index (κ2) is 22.6. The number of halogens is 3. The molecule has 0 spiro atoms. The van der Waals surface area contributed by atoms with Gasteiger partial charge in [0.1, 0.15) is 52.4 Å². The minimum Gasteiger partial charge on any atom is -0.352 e. The van der Waals surface area contributed by atoms with Gasteiger partial charge in [-0.25, -0.2) is 15.0 Å². The molecular formula is C33H45F3N24. The zero-order valence-electron chi connectivity index (χ0n) is 34.4. The summed E-state index contributed by atoms with van der Waals surface area (Å²) in [6.07, 6.45) is -2.48. The summed E-state index contributed by atoms with van der Waals surface area (Å²) in [6, 6.07) is 0. The van der Waals surface area contributed by atoms with Crippen LogP contribution in [0.15, 0.2) is 0 Å². The molecule has 6 rings (SSSR count). The molecule has 24 nitrogen and oxygen atoms in total. The van der Waals surface area contributed by atoms with Crippen LogP contribution in [0.2, 0.25) is 0 Å². The maximum Gasteiger partial charge on any atom is 0.313 e. The van der Waals surface area contributed by atoms with Gasteiger partial charge in [-0.05, 0) is 62.3 Å². The van der Waals surface area contributed by atoms with Crippen LogP contribution in [-0.2, 0) is 0 Å². The maximum absolute atomic E-state index is 12.9. The van der Waals surface area contributed by atoms with Crippen molar-refractivity contribution in [3.63, 3.8) is 0 Å². The van der Waals surface area contributed by atoms with Gasteiger partial charge in [0.25, 0.3) is 0 Å². The summed E-state index contributed by atoms with van der Waals surface area (Å²) in [4.78, 5) is 70.0. The Kier molecular flexibility index (Phi) is 17.0. The van der Waals surface area contributed by atoms with Crippen molar-refractivity contribution in [1.29, 1.82) is 0 Å². The second-order valence-electron chi connectivity index (χ2n) is 12.2. The Labute approximate surface area is 342 Å². The summed E-state index contributed by atoms with van der Waals surface area (Å²) in [5, 5.41) is 17.8. The number of aryl methyl sites for hydroxylation is 9. The Morgan fingerprint density at radius 2 is 0.383 bits per heavy atom. The van der Waals surface area contributed by atoms with Crippen LogP contribution in [0.25, 0.3) is 0 Å². The van der Waals surface area contributed by atoms with Crippen molar-refractivity contribution in [3.8, 4) is 0 Å². The topological polar surface area (TPSA) is 304 Å². The first kappa shape index (κ1) is 45.4. The van der Waals surface area contributed by atoms with Gasteiger partial charge in [0, 0.05) is 39.3 Å². The van der Waals surface area contributed by atoms with Crippen molar-refractivity contribution in [2.45, 2.75) is 62.3 Å². The summed E-state index contributed by atoms with van der Waals surface area (Å²) in [6.45, 7) is 18.8. The van der Waals surface area contributed by atoms with Gasteiger partial charge >= 0.3 is 18.2 Å². The van der Waals surface area contributed by atoms with Crippen LogP contribution in [0.3, 0.4) is 0 Å². The molecule has 0 fully saturated rings. The van der Waals surface area contributed by atoms with E-state index >= 15 is 0 Å². The van der Waals surface area contributed by atoms with Crippen molar-refractivity contribution in [3.05, 3.63) is 70.7 Å². The van der Waals surface area contributed by atoms with Crippen LogP contribution in [0.5, 0.6) is 0 Å². The van der Waals surface area contributed by atoms with Crippen molar-refractivity contribution in [1.82, 2.24) is 89.7 Å². The molecule has 60 heavy (non-hydrogen) atoms. The smallest absolute Gasteiger partial charge is 0.313 e. The lowest BCUT2D eigenvalue weighted by Crippen LogP contribution is -2.18. The predicted octanol–water partition coefficient (Wildman–Crippen LogP) is 1.93. The number of hydrogen-bond acceptors (Lipinski definition) is 24. The van der Waals surface area contributed by atoms with Gasteiger partial charge in [-0.3, -0.25) is 0 Å². The Hall–Kier alpha value is -7.35. The highest BCUT2D eigenvalue weighted by atomic mass is 19.1. The molecule has 6 aromatic heterocycles. The van der Waals surface area contributed by atoms with Crippen molar-refractivity contribution in [2.24, 2.45) is 0 Å². The molecule has 318 valence electrons. The summed E-state index contributed by atoms with van der Waals surface area (Å²) in [5.41, 5.74) is 0. The maximum atomic E-state index is 12.9. The van der Waals surface area contributed by atoms with E-state index in [9.17, 15) is 13.2 Å². The van der Waals surface area contributed by atoms with Crippen molar-refractivity contribution >= 4 is 35.7 Å². The highest BCUT2D eigenvalue weighted by molar-refractivity contribution is 5.29. The van der Waals surface area contributed by atoms with Crippen LogP contribution < -0.4 is 31.9 Å². The third-order valence-corrected chi connectivity index (χ3v) is 6.81. The lowest BCUT2D eigenvalue weighted by atomic mass is 10.5. The molecule has 0 radical (unpaired) electrons. The molecule has 0 saturated carbocycles. The fraction of sp³-hybridized carbons (Fsp3) is 0.455. The average molecular weight is 835 g/mol. The summed E-state index contributed by atoms with van der Waals surface area (Å²) < 4.78 is 38.8. The van der Waals surface area contributed by atoms with E-state index in [1.54, 1.807) is 34.6 Å². The van der Waals surface area contributed by atoms with Crippen LogP contribution >= 0.6 is 0 Å². The Morgan fingerprint density at radius 1 is 0.233 bits per heavy atom. The fourth-order valence-corrected chi connectivity index (χ4v) is 4.71. The molecule has 0 atom stereocenters. The molecule has 6 aromatic rings. The largest absolute Gasteiger partial charge is 0.352 e. The Bertz CT molecular complexity index is 1780. The third-order valence-electron chi connectivity index (χ3n) is 6.81. The standard InChI is InChI=1S/C12H18N8.C11H15FN8.C10H12F2N8/c1-7-15-8(2)18-11(17-7)13-5-6-14-12-19-9(3)16-10(4)20-12;1-6-15-7(2)18-10(17-6)13-4-5-14-11-19-8(3)16-9(12)20-11;1-5-15-7(11)19-9(17-5)13-3-4-14-10-18-6(2)16-8(12)20-10/h5-6H2,1-4H3,(H,13,15,17,18)(H,14,16,19,20);4-5H2,1-3H3,(H,13,15,17,18)(H,14,16,19,20);3-4H2,1-2H3,(H,13,15,17,19)(H,14,16,18,20). The highest BCUT2D eigenvalue weighted by Gasteiger charge is 2.06. The SMILES string of the molecule is Cc1nc(C)nc(NCCNc2nc(C)nc(C)n2)n1.Cc1nc(C)nc(NCCNc2nc(C)nc(F)n2)n1.Cc1nc(F)nc(NCCNc2nc(C)nc(F)n2)n1. The molecule has 0 aromatic carbocycles. The third kappa shape index (κ3) is 17.0. The van der Waals surface area contributed by atoms with Gasteiger partial charge in [-0.1, -0.05) is 0 Å². The normalized spacial score (nSPS) is 10.4. The highest BCUT2D eigenvalue weighted by Crippen LogP contribution is 2.04. The lowest BCUT2D eigenvalue weighted by Gasteiger charge is -2.08. The first-order valence-electron chi connectivity index (χ1n) is 18.2. The molecule has 0 unspecified atom stereocenters. The second-order valence-corrected chi connectivity index (χ2v) is 12.2. The number of anilines is 6. The molecule has 0 aliphatic rings. The predicted molar refractivity (Wildman–Crippen MR) is 212 cm³/mol. The molecule has 27 heteroatoms. The van der Waals surface area contributed by atoms with E-state index in [4.69, 9.17) is 0 Å². The van der Waals surface area contributed by atoms with Gasteiger partial charge in [0.2, 0.25) is 35.7 Å². The van der Waals surface area contributed by atoms with E-state index < -0.39 is 18.2 Å². The molecule has 0 saturated heterocycles. The quantitative estimate of drug-likeness (QED) is 0.0805. The van der Waals surface area contributed by atoms with Gasteiger partial charge < -0.3 is 31.9 Å². The summed E-state index contributed by atoms with van der Waals surface area (Å²) in [5.74, 6) is 7.18. The average Bonchev–Trinajstić information content (AvgIpc) is 3.12. The molecular weight excluding hydrogens is 790 g/mol. The molecule has 0 bridgehead atoms. The number of nitrogens with zero attached hydrogens (tertiary/aromatic N) is 18. The van der Waals surface area contributed by atoms with Crippen LogP contribution in [-0.4, -0.2) is 129 Å². The van der Waals surface area contributed by atoms with E-state index in [0.717, 1.165) is 0 Å². The van der Waals surface area contributed by atoms with Gasteiger partial charge in [-0.2, -0.15) is 87.9 Å².